The Bertz CT molecular complexity index is 736. The lowest BCUT2D eigenvalue weighted by molar-refractivity contribution is -0.127. The molecule has 0 saturated carbocycles. The van der Waals surface area contributed by atoms with E-state index in [2.05, 4.69) is 0 Å². The van der Waals surface area contributed by atoms with Crippen LogP contribution in [0.3, 0.4) is 0 Å². The second-order valence-electron chi connectivity index (χ2n) is 6.40. The number of hydrogen-bond acceptors (Lipinski definition) is 3. The minimum absolute atomic E-state index is 0.0560. The van der Waals surface area contributed by atoms with E-state index < -0.39 is 17.2 Å². The Kier molecular flexibility index (Phi) is 3.51. The van der Waals surface area contributed by atoms with Crippen LogP contribution in [0.1, 0.15) is 31.7 Å². The molecule has 0 fully saturated rings. The molecular weight excluding hydrogens is 292 g/mol. The Labute approximate surface area is 135 Å². The van der Waals surface area contributed by atoms with Crippen LogP contribution in [0.25, 0.3) is 0 Å². The molecule has 0 aromatic heterocycles. The van der Waals surface area contributed by atoms with Gasteiger partial charge in [0.1, 0.15) is 17.3 Å². The fraction of sp³-hybridized carbons (Fsp3) is 0.333. The number of allylic oxidation sites excluding steroid dienone is 1. The van der Waals surface area contributed by atoms with E-state index in [4.69, 9.17) is 16.2 Å². The van der Waals surface area contributed by atoms with Gasteiger partial charge in [-0.2, -0.15) is 0 Å². The Morgan fingerprint density at radius 1 is 1.22 bits per heavy atom. The second-order valence-corrected chi connectivity index (χ2v) is 6.40. The Morgan fingerprint density at radius 3 is 2.43 bits per heavy atom. The van der Waals surface area contributed by atoms with Gasteiger partial charge in [0.25, 0.3) is 0 Å². The molecule has 0 saturated heterocycles. The molecule has 2 amide bonds. The van der Waals surface area contributed by atoms with Gasteiger partial charge in [-0.05, 0) is 31.9 Å². The predicted octanol–water partition coefficient (Wildman–Crippen LogP) is 1.75. The fourth-order valence-corrected chi connectivity index (χ4v) is 3.49. The molecule has 1 aromatic carbocycles. The number of hydrogen-bond donors (Lipinski definition) is 2. The third-order valence-electron chi connectivity index (χ3n) is 4.76. The van der Waals surface area contributed by atoms with Crippen molar-refractivity contribution in [2.45, 2.75) is 32.3 Å². The average Bonchev–Trinajstić information content (AvgIpc) is 2.85. The zero-order valence-electron chi connectivity index (χ0n) is 13.2. The third kappa shape index (κ3) is 2.32. The van der Waals surface area contributed by atoms with Crippen LogP contribution in [0.15, 0.2) is 53.3 Å². The van der Waals surface area contributed by atoms with E-state index in [1.807, 2.05) is 37.3 Å². The first-order valence-corrected chi connectivity index (χ1v) is 7.61. The van der Waals surface area contributed by atoms with Crippen molar-refractivity contribution in [1.82, 2.24) is 0 Å². The maximum atomic E-state index is 12.1. The molecule has 0 bridgehead atoms. The molecule has 0 radical (unpaired) electrons. The lowest BCUT2D eigenvalue weighted by Gasteiger charge is -2.31. The Morgan fingerprint density at radius 2 is 1.87 bits per heavy atom. The summed E-state index contributed by atoms with van der Waals surface area (Å²) >= 11 is 0. The minimum Gasteiger partial charge on any atom is -0.493 e. The van der Waals surface area contributed by atoms with Gasteiger partial charge in [0, 0.05) is 17.1 Å². The van der Waals surface area contributed by atoms with Crippen molar-refractivity contribution in [1.29, 1.82) is 0 Å². The molecule has 5 nitrogen and oxygen atoms in total. The molecule has 1 heterocycles. The summed E-state index contributed by atoms with van der Waals surface area (Å²) in [6, 6.07) is 9.87. The summed E-state index contributed by atoms with van der Waals surface area (Å²) in [5, 5.41) is 0. The van der Waals surface area contributed by atoms with Gasteiger partial charge in [0.2, 0.25) is 11.8 Å². The van der Waals surface area contributed by atoms with E-state index in [0.29, 0.717) is 11.3 Å². The molecule has 1 aromatic rings. The first-order chi connectivity index (χ1) is 10.8. The molecule has 0 spiro atoms. The van der Waals surface area contributed by atoms with Gasteiger partial charge in [-0.3, -0.25) is 9.59 Å². The van der Waals surface area contributed by atoms with Gasteiger partial charge in [0.05, 0.1) is 0 Å². The van der Waals surface area contributed by atoms with Crippen LogP contribution >= 0.6 is 0 Å². The average molecular weight is 312 g/mol. The van der Waals surface area contributed by atoms with Gasteiger partial charge in [-0.25, -0.2) is 0 Å². The summed E-state index contributed by atoms with van der Waals surface area (Å²) in [7, 11) is 0. The van der Waals surface area contributed by atoms with Crippen LogP contribution in [0, 0.1) is 5.41 Å². The number of nitrogens with two attached hydrogens (primary N) is 2. The summed E-state index contributed by atoms with van der Waals surface area (Å²) in [6.07, 6.45) is 1.79. The van der Waals surface area contributed by atoms with Crippen molar-refractivity contribution in [3.05, 3.63) is 58.9 Å². The van der Waals surface area contributed by atoms with Crippen LogP contribution in [0.2, 0.25) is 0 Å². The van der Waals surface area contributed by atoms with Crippen molar-refractivity contribution in [3.63, 3.8) is 0 Å². The van der Waals surface area contributed by atoms with Gasteiger partial charge in [-0.15, -0.1) is 0 Å². The molecule has 3 atom stereocenters. The van der Waals surface area contributed by atoms with E-state index in [1.54, 1.807) is 13.0 Å². The Balaban J connectivity index is 2.17. The highest BCUT2D eigenvalue weighted by Gasteiger charge is 2.49. The molecule has 4 N–H and O–H groups in total. The summed E-state index contributed by atoms with van der Waals surface area (Å²) in [5.74, 6) is -0.538. The summed E-state index contributed by atoms with van der Waals surface area (Å²) in [6.45, 7) is 3.66. The number of amides is 2. The molecule has 2 aliphatic rings. The third-order valence-corrected chi connectivity index (χ3v) is 4.76. The number of rotatable bonds is 3. The van der Waals surface area contributed by atoms with Crippen LogP contribution in [0.4, 0.5) is 0 Å². The molecule has 1 aliphatic carbocycles. The summed E-state index contributed by atoms with van der Waals surface area (Å²) in [5.41, 5.74) is 12.3. The largest absolute Gasteiger partial charge is 0.493 e. The van der Waals surface area contributed by atoms with E-state index in [9.17, 15) is 9.59 Å². The van der Waals surface area contributed by atoms with Crippen molar-refractivity contribution in [2.75, 3.05) is 0 Å². The second kappa shape index (κ2) is 5.26. The number of ether oxygens (including phenoxy) is 1. The monoisotopic (exact) mass is 312 g/mol. The zero-order chi connectivity index (χ0) is 16.8. The summed E-state index contributed by atoms with van der Waals surface area (Å²) < 4.78 is 6.02. The van der Waals surface area contributed by atoms with Crippen LogP contribution < -0.4 is 11.5 Å². The van der Waals surface area contributed by atoms with Crippen LogP contribution in [-0.2, 0) is 14.3 Å². The quantitative estimate of drug-likeness (QED) is 0.890. The number of benzene rings is 1. The highest BCUT2D eigenvalue weighted by Crippen LogP contribution is 2.51. The van der Waals surface area contributed by atoms with Crippen LogP contribution in [0.5, 0.6) is 0 Å². The lowest BCUT2D eigenvalue weighted by Crippen LogP contribution is -2.40. The van der Waals surface area contributed by atoms with Crippen molar-refractivity contribution >= 4 is 11.8 Å². The maximum absolute atomic E-state index is 12.1. The molecule has 23 heavy (non-hydrogen) atoms. The van der Waals surface area contributed by atoms with E-state index in [0.717, 1.165) is 11.1 Å². The zero-order valence-corrected chi connectivity index (χ0v) is 13.2. The van der Waals surface area contributed by atoms with Gasteiger partial charge < -0.3 is 16.2 Å². The molecule has 3 unspecified atom stereocenters. The lowest BCUT2D eigenvalue weighted by atomic mass is 9.72. The van der Waals surface area contributed by atoms with E-state index in [1.165, 1.54) is 0 Å². The van der Waals surface area contributed by atoms with Gasteiger partial charge in [-0.1, -0.05) is 30.3 Å². The number of carbonyl (C=O) groups excluding carboxylic acids is 2. The minimum atomic E-state index is -1.05. The maximum Gasteiger partial charge on any atom is 0.244 e. The molecule has 5 heteroatoms. The smallest absolute Gasteiger partial charge is 0.244 e. The topological polar surface area (TPSA) is 95.4 Å². The number of primary amides is 2. The van der Waals surface area contributed by atoms with Crippen LogP contribution in [-0.4, -0.2) is 17.9 Å². The number of carbonyl (C=O) groups is 2. The Hall–Kier alpha value is -2.56. The van der Waals surface area contributed by atoms with Crippen molar-refractivity contribution in [2.24, 2.45) is 16.9 Å². The predicted molar refractivity (Wildman–Crippen MR) is 86.0 cm³/mol. The van der Waals surface area contributed by atoms with E-state index >= 15 is 0 Å². The van der Waals surface area contributed by atoms with Gasteiger partial charge >= 0.3 is 0 Å². The fourth-order valence-electron chi connectivity index (χ4n) is 3.49. The van der Waals surface area contributed by atoms with Gasteiger partial charge in [0.15, 0.2) is 0 Å². The van der Waals surface area contributed by atoms with E-state index in [-0.39, 0.29) is 18.4 Å². The molecular formula is C18H20N2O3. The van der Waals surface area contributed by atoms with Crippen molar-refractivity contribution in [3.8, 4) is 0 Å². The molecule has 3 rings (SSSR count). The SMILES string of the molecule is CC1OC2=C(C=C(C(N)=O)CC2(C)C(N)=O)C1c1ccccc1. The summed E-state index contributed by atoms with van der Waals surface area (Å²) in [4.78, 5) is 23.8. The first kappa shape index (κ1) is 15.3. The molecule has 120 valence electrons. The molecule has 1 aliphatic heterocycles. The normalized spacial score (nSPS) is 29.6. The highest BCUT2D eigenvalue weighted by molar-refractivity contribution is 5.96. The highest BCUT2D eigenvalue weighted by atomic mass is 16.5. The standard InChI is InChI=1S/C18H20N2O3/c1-10-14(11-6-4-3-5-7-11)13-8-12(16(19)21)9-18(2,17(20)22)15(13)23-10/h3-8,10,14H,9H2,1-2H3,(H2,19,21)(H2,20,22). The first-order valence-electron chi connectivity index (χ1n) is 7.61. The van der Waals surface area contributed by atoms with Crippen molar-refractivity contribution < 1.29 is 14.3 Å².